The molecule has 2 heterocycles. The number of hydrogen-bond acceptors (Lipinski definition) is 3. The highest BCUT2D eigenvalue weighted by atomic mass is 16.1. The molecular formula is C20H24N4O. The van der Waals surface area contributed by atoms with Gasteiger partial charge in [0.25, 0.3) is 0 Å². The van der Waals surface area contributed by atoms with Gasteiger partial charge in [0.1, 0.15) is 0 Å². The first-order valence-electron chi connectivity index (χ1n) is 8.56. The summed E-state index contributed by atoms with van der Waals surface area (Å²) in [6.07, 6.45) is 6.10. The predicted octanol–water partition coefficient (Wildman–Crippen LogP) is 3.17. The molecule has 3 rings (SSSR count). The van der Waals surface area contributed by atoms with Gasteiger partial charge in [-0.15, -0.1) is 0 Å². The van der Waals surface area contributed by atoms with Gasteiger partial charge in [0.2, 0.25) is 5.91 Å². The lowest BCUT2D eigenvalue weighted by molar-refractivity contribution is -0.121. The maximum Gasteiger partial charge on any atom is 0.224 e. The molecule has 1 unspecified atom stereocenters. The van der Waals surface area contributed by atoms with Crippen molar-refractivity contribution in [2.75, 3.05) is 0 Å². The highest BCUT2D eigenvalue weighted by molar-refractivity contribution is 5.92. The van der Waals surface area contributed by atoms with Crippen molar-refractivity contribution in [1.29, 1.82) is 0 Å². The van der Waals surface area contributed by atoms with Crippen molar-refractivity contribution in [1.82, 2.24) is 20.3 Å². The van der Waals surface area contributed by atoms with Crippen LogP contribution in [0.3, 0.4) is 0 Å². The van der Waals surface area contributed by atoms with E-state index in [0.29, 0.717) is 12.8 Å². The summed E-state index contributed by atoms with van der Waals surface area (Å²) >= 11 is 0. The maximum absolute atomic E-state index is 12.5. The van der Waals surface area contributed by atoms with Crippen LogP contribution in [0.15, 0.2) is 30.7 Å². The first-order valence-corrected chi connectivity index (χ1v) is 8.56. The number of amides is 1. The molecule has 0 spiro atoms. The van der Waals surface area contributed by atoms with Crippen LogP contribution in [-0.2, 0) is 17.6 Å². The van der Waals surface area contributed by atoms with E-state index in [0.717, 1.165) is 27.9 Å². The second-order valence-electron chi connectivity index (χ2n) is 6.78. The average molecular weight is 336 g/mol. The number of aromatic nitrogens is 3. The number of rotatable bonds is 5. The highest BCUT2D eigenvalue weighted by Gasteiger charge is 2.16. The molecule has 0 bridgehead atoms. The molecule has 1 aromatic carbocycles. The number of nitrogens with one attached hydrogen (secondary N) is 2. The average Bonchev–Trinajstić information content (AvgIpc) is 2.85. The van der Waals surface area contributed by atoms with Crippen molar-refractivity contribution >= 4 is 16.8 Å². The standard InChI is InChI=1S/C20H24N4O/c1-12-7-13(2)20-18(8-12)17(15(4)24-20)10-19(25)23-14(3)9-16-11-21-5-6-22-16/h5-8,11,14,24H,9-10H2,1-4H3,(H,23,25). The minimum atomic E-state index is 0.0122. The SMILES string of the molecule is Cc1cc(C)c2[nH]c(C)c(CC(=O)NC(C)Cc3cnccn3)c2c1. The highest BCUT2D eigenvalue weighted by Crippen LogP contribution is 2.26. The Bertz CT molecular complexity index is 899. The summed E-state index contributed by atoms with van der Waals surface area (Å²) in [5, 5.41) is 4.21. The number of H-pyrrole nitrogens is 1. The first-order chi connectivity index (χ1) is 11.9. The molecule has 1 atom stereocenters. The summed E-state index contributed by atoms with van der Waals surface area (Å²) in [7, 11) is 0. The van der Waals surface area contributed by atoms with E-state index < -0.39 is 0 Å². The Morgan fingerprint density at radius 1 is 1.24 bits per heavy atom. The molecule has 130 valence electrons. The largest absolute Gasteiger partial charge is 0.358 e. The molecule has 5 heteroatoms. The molecule has 5 nitrogen and oxygen atoms in total. The number of aromatic amines is 1. The van der Waals surface area contributed by atoms with E-state index in [9.17, 15) is 4.79 Å². The second-order valence-corrected chi connectivity index (χ2v) is 6.78. The maximum atomic E-state index is 12.5. The topological polar surface area (TPSA) is 70.7 Å². The smallest absolute Gasteiger partial charge is 0.224 e. The second kappa shape index (κ2) is 7.05. The van der Waals surface area contributed by atoms with Gasteiger partial charge >= 0.3 is 0 Å². The summed E-state index contributed by atoms with van der Waals surface area (Å²) in [6.45, 7) is 8.20. The van der Waals surface area contributed by atoms with Gasteiger partial charge in [-0.1, -0.05) is 11.6 Å². The zero-order chi connectivity index (χ0) is 18.0. The van der Waals surface area contributed by atoms with Crippen molar-refractivity contribution in [3.63, 3.8) is 0 Å². The Labute approximate surface area is 147 Å². The van der Waals surface area contributed by atoms with E-state index in [2.05, 4.69) is 46.2 Å². The van der Waals surface area contributed by atoms with Crippen LogP contribution < -0.4 is 5.32 Å². The van der Waals surface area contributed by atoms with E-state index >= 15 is 0 Å². The van der Waals surface area contributed by atoms with Gasteiger partial charge in [-0.05, 0) is 44.9 Å². The van der Waals surface area contributed by atoms with Crippen molar-refractivity contribution < 1.29 is 4.79 Å². The predicted molar refractivity (Wildman–Crippen MR) is 99.6 cm³/mol. The quantitative estimate of drug-likeness (QED) is 0.752. The van der Waals surface area contributed by atoms with Crippen LogP contribution in [0.5, 0.6) is 0 Å². The number of nitrogens with zero attached hydrogens (tertiary/aromatic N) is 2. The van der Waals surface area contributed by atoms with Crippen LogP contribution in [0.1, 0.15) is 35.0 Å². The molecular weight excluding hydrogens is 312 g/mol. The molecule has 3 aromatic rings. The zero-order valence-electron chi connectivity index (χ0n) is 15.2. The molecule has 2 N–H and O–H groups in total. The first kappa shape index (κ1) is 17.1. The molecule has 0 fully saturated rings. The van der Waals surface area contributed by atoms with Crippen LogP contribution in [0, 0.1) is 20.8 Å². The van der Waals surface area contributed by atoms with E-state index in [1.54, 1.807) is 18.6 Å². The van der Waals surface area contributed by atoms with Crippen LogP contribution in [0.4, 0.5) is 0 Å². The number of hydrogen-bond donors (Lipinski definition) is 2. The summed E-state index contributed by atoms with van der Waals surface area (Å²) in [6, 6.07) is 4.32. The lowest BCUT2D eigenvalue weighted by Crippen LogP contribution is -2.35. The van der Waals surface area contributed by atoms with Crippen molar-refractivity contribution in [3.8, 4) is 0 Å². The summed E-state index contributed by atoms with van der Waals surface area (Å²) < 4.78 is 0. The normalized spacial score (nSPS) is 12.3. The fourth-order valence-corrected chi connectivity index (χ4v) is 3.35. The third kappa shape index (κ3) is 3.87. The molecule has 25 heavy (non-hydrogen) atoms. The van der Waals surface area contributed by atoms with Gasteiger partial charge in [-0.2, -0.15) is 0 Å². The zero-order valence-corrected chi connectivity index (χ0v) is 15.2. The van der Waals surface area contributed by atoms with Crippen LogP contribution in [0.25, 0.3) is 10.9 Å². The number of aryl methyl sites for hydroxylation is 3. The number of benzene rings is 1. The van der Waals surface area contributed by atoms with Gasteiger partial charge in [0.15, 0.2) is 0 Å². The van der Waals surface area contributed by atoms with Gasteiger partial charge in [0, 0.05) is 47.7 Å². The van der Waals surface area contributed by atoms with Crippen LogP contribution in [0.2, 0.25) is 0 Å². The molecule has 0 aliphatic carbocycles. The third-order valence-corrected chi connectivity index (χ3v) is 4.45. The number of carbonyl (C=O) groups is 1. The summed E-state index contributed by atoms with van der Waals surface area (Å²) in [5.41, 5.74) is 6.55. The molecule has 0 saturated carbocycles. The van der Waals surface area contributed by atoms with Crippen molar-refractivity contribution in [3.05, 3.63) is 58.8 Å². The Balaban J connectivity index is 1.73. The molecule has 0 saturated heterocycles. The van der Waals surface area contributed by atoms with E-state index in [4.69, 9.17) is 0 Å². The number of fused-ring (bicyclic) bond motifs is 1. The third-order valence-electron chi connectivity index (χ3n) is 4.45. The fourth-order valence-electron chi connectivity index (χ4n) is 3.35. The Morgan fingerprint density at radius 2 is 2.04 bits per heavy atom. The Morgan fingerprint density at radius 3 is 2.76 bits per heavy atom. The van der Waals surface area contributed by atoms with Crippen molar-refractivity contribution in [2.24, 2.45) is 0 Å². The number of carbonyl (C=O) groups excluding carboxylic acids is 1. The lowest BCUT2D eigenvalue weighted by Gasteiger charge is -2.13. The van der Waals surface area contributed by atoms with Gasteiger partial charge in [-0.25, -0.2) is 0 Å². The van der Waals surface area contributed by atoms with Gasteiger partial charge < -0.3 is 10.3 Å². The summed E-state index contributed by atoms with van der Waals surface area (Å²) in [4.78, 5) is 24.3. The minimum Gasteiger partial charge on any atom is -0.358 e. The van der Waals surface area contributed by atoms with E-state index in [-0.39, 0.29) is 11.9 Å². The monoisotopic (exact) mass is 336 g/mol. The van der Waals surface area contributed by atoms with Gasteiger partial charge in [-0.3, -0.25) is 14.8 Å². The molecule has 0 radical (unpaired) electrons. The van der Waals surface area contributed by atoms with Gasteiger partial charge in [0.05, 0.1) is 12.1 Å². The Hall–Kier alpha value is -2.69. The summed E-state index contributed by atoms with van der Waals surface area (Å²) in [5.74, 6) is 0.0274. The van der Waals surface area contributed by atoms with E-state index in [1.165, 1.54) is 11.1 Å². The molecule has 2 aromatic heterocycles. The van der Waals surface area contributed by atoms with Crippen molar-refractivity contribution in [2.45, 2.75) is 46.6 Å². The van der Waals surface area contributed by atoms with E-state index in [1.807, 2.05) is 13.8 Å². The molecule has 0 aliphatic heterocycles. The van der Waals surface area contributed by atoms with Crippen LogP contribution >= 0.6 is 0 Å². The lowest BCUT2D eigenvalue weighted by atomic mass is 10.0. The minimum absolute atomic E-state index is 0.0122. The fraction of sp³-hybridized carbons (Fsp3) is 0.350. The molecule has 1 amide bonds. The molecule has 0 aliphatic rings. The van der Waals surface area contributed by atoms with Crippen LogP contribution in [-0.4, -0.2) is 26.9 Å². The Kier molecular flexibility index (Phi) is 4.83.